The Bertz CT molecular complexity index is 1340. The van der Waals surface area contributed by atoms with E-state index in [2.05, 4.69) is 30.9 Å². The summed E-state index contributed by atoms with van der Waals surface area (Å²) in [6.07, 6.45) is 3.45. The van der Waals surface area contributed by atoms with Crippen molar-refractivity contribution in [3.05, 3.63) is 54.2 Å². The molecule has 4 unspecified atom stereocenters. The number of hydrogen-bond donors (Lipinski definition) is 9. The number of benzene rings is 1. The molecule has 1 aromatic carbocycles. The standard InChI is InChI=1S/C25H31N7O8/c26-16(11-33)22(36)31-19(7-13-9-28-17-4-2-1-3-15(13)17)23(37)32-20(8-14-10-27-12-29-14)24(38)30-18(25(39)40)5-6-21(34)35/h1-4,9-10,12,16,18-20,28,33H,5-8,11,26H2,(H,27,29)(H,30,38)(H,31,36)(H,32,37)(H,34,35)(H,39,40). The first-order chi connectivity index (χ1) is 19.1. The molecular formula is C25H31N7O8. The summed E-state index contributed by atoms with van der Waals surface area (Å²) < 4.78 is 0. The van der Waals surface area contributed by atoms with Gasteiger partial charge in [-0.3, -0.25) is 19.2 Å². The Morgan fingerprint density at radius 1 is 0.900 bits per heavy atom. The van der Waals surface area contributed by atoms with Crippen molar-refractivity contribution in [2.24, 2.45) is 5.73 Å². The summed E-state index contributed by atoms with van der Waals surface area (Å²) in [4.78, 5) is 71.4. The summed E-state index contributed by atoms with van der Waals surface area (Å²) in [6.45, 7) is -0.662. The number of rotatable bonds is 15. The number of aromatic nitrogens is 3. The topological polar surface area (TPSA) is 253 Å². The first-order valence-corrected chi connectivity index (χ1v) is 12.3. The van der Waals surface area contributed by atoms with Crippen molar-refractivity contribution in [2.45, 2.75) is 49.9 Å². The molecule has 3 aromatic rings. The Kier molecular flexibility index (Phi) is 10.3. The van der Waals surface area contributed by atoms with Crippen LogP contribution in [0.2, 0.25) is 0 Å². The smallest absolute Gasteiger partial charge is 0.326 e. The van der Waals surface area contributed by atoms with Gasteiger partial charge in [-0.15, -0.1) is 0 Å². The number of aliphatic carboxylic acids is 2. The van der Waals surface area contributed by atoms with Crippen molar-refractivity contribution in [1.82, 2.24) is 30.9 Å². The van der Waals surface area contributed by atoms with Gasteiger partial charge in [-0.2, -0.15) is 0 Å². The van der Waals surface area contributed by atoms with Gasteiger partial charge in [-0.1, -0.05) is 18.2 Å². The van der Waals surface area contributed by atoms with Crippen molar-refractivity contribution in [3.8, 4) is 0 Å². The van der Waals surface area contributed by atoms with Gasteiger partial charge in [0.15, 0.2) is 0 Å². The summed E-state index contributed by atoms with van der Waals surface area (Å²) in [5.74, 6) is -5.13. The van der Waals surface area contributed by atoms with Crippen molar-refractivity contribution in [1.29, 1.82) is 0 Å². The monoisotopic (exact) mass is 557 g/mol. The molecule has 214 valence electrons. The van der Waals surface area contributed by atoms with Crippen LogP contribution in [0, 0.1) is 0 Å². The Hall–Kier alpha value is -4.76. The zero-order valence-corrected chi connectivity index (χ0v) is 21.3. The lowest BCUT2D eigenvalue weighted by atomic mass is 10.0. The molecule has 0 radical (unpaired) electrons. The second-order valence-electron chi connectivity index (χ2n) is 9.09. The molecule has 0 spiro atoms. The molecule has 0 bridgehead atoms. The maximum atomic E-state index is 13.5. The van der Waals surface area contributed by atoms with E-state index in [1.807, 2.05) is 24.3 Å². The number of para-hydroxylation sites is 1. The van der Waals surface area contributed by atoms with Gasteiger partial charge in [0.05, 0.1) is 12.9 Å². The number of H-pyrrole nitrogens is 2. The summed E-state index contributed by atoms with van der Waals surface area (Å²) in [5.41, 5.74) is 7.55. The zero-order valence-electron chi connectivity index (χ0n) is 21.3. The third-order valence-electron chi connectivity index (χ3n) is 6.14. The molecule has 15 nitrogen and oxygen atoms in total. The van der Waals surface area contributed by atoms with Crippen LogP contribution in [0.15, 0.2) is 43.0 Å². The highest BCUT2D eigenvalue weighted by Crippen LogP contribution is 2.19. The lowest BCUT2D eigenvalue weighted by Crippen LogP contribution is -2.58. The van der Waals surface area contributed by atoms with Gasteiger partial charge in [0.25, 0.3) is 0 Å². The highest BCUT2D eigenvalue weighted by molar-refractivity contribution is 5.95. The number of aliphatic hydroxyl groups is 1. The van der Waals surface area contributed by atoms with Crippen LogP contribution >= 0.6 is 0 Å². The molecule has 4 atom stereocenters. The van der Waals surface area contributed by atoms with Crippen LogP contribution in [-0.2, 0) is 36.8 Å². The van der Waals surface area contributed by atoms with Crippen LogP contribution < -0.4 is 21.7 Å². The number of aromatic amines is 2. The van der Waals surface area contributed by atoms with E-state index in [1.54, 1.807) is 6.20 Å². The molecule has 0 aliphatic carbocycles. The average molecular weight is 558 g/mol. The largest absolute Gasteiger partial charge is 0.481 e. The molecule has 0 aliphatic heterocycles. The molecule has 2 heterocycles. The van der Waals surface area contributed by atoms with Crippen molar-refractivity contribution in [3.63, 3.8) is 0 Å². The fourth-order valence-electron chi connectivity index (χ4n) is 3.99. The number of carboxylic acids is 2. The van der Waals surface area contributed by atoms with Crippen molar-refractivity contribution < 1.29 is 39.3 Å². The maximum absolute atomic E-state index is 13.5. The highest BCUT2D eigenvalue weighted by Gasteiger charge is 2.31. The molecule has 10 N–H and O–H groups in total. The Balaban J connectivity index is 1.85. The van der Waals surface area contributed by atoms with Crippen LogP contribution in [0.5, 0.6) is 0 Å². The zero-order chi connectivity index (χ0) is 29.2. The van der Waals surface area contributed by atoms with Gasteiger partial charge in [0.1, 0.15) is 24.2 Å². The van der Waals surface area contributed by atoms with Gasteiger partial charge in [-0.25, -0.2) is 9.78 Å². The van der Waals surface area contributed by atoms with E-state index in [9.17, 15) is 34.2 Å². The van der Waals surface area contributed by atoms with Crippen molar-refractivity contribution in [2.75, 3.05) is 6.61 Å². The van der Waals surface area contributed by atoms with Gasteiger partial charge in [-0.05, 0) is 18.1 Å². The van der Waals surface area contributed by atoms with Crippen LogP contribution in [0.1, 0.15) is 24.1 Å². The predicted molar refractivity (Wildman–Crippen MR) is 140 cm³/mol. The fraction of sp³-hybridized carbons (Fsp3) is 0.360. The number of hydrogen-bond acceptors (Lipinski definition) is 8. The van der Waals surface area contributed by atoms with E-state index >= 15 is 0 Å². The number of amides is 3. The molecule has 3 rings (SSSR count). The van der Waals surface area contributed by atoms with E-state index in [0.29, 0.717) is 11.3 Å². The first-order valence-electron chi connectivity index (χ1n) is 12.3. The SMILES string of the molecule is NC(CO)C(=O)NC(Cc1c[nH]c2ccccc12)C(=O)NC(Cc1cnc[nH]1)C(=O)NC(CCC(=O)O)C(=O)O. The lowest BCUT2D eigenvalue weighted by Gasteiger charge is -2.25. The summed E-state index contributed by atoms with van der Waals surface area (Å²) in [6, 6.07) is 1.92. The predicted octanol–water partition coefficient (Wildman–Crippen LogP) is -1.60. The number of carbonyl (C=O) groups is 5. The molecule has 3 amide bonds. The quantitative estimate of drug-likeness (QED) is 0.103. The molecule has 40 heavy (non-hydrogen) atoms. The van der Waals surface area contributed by atoms with Crippen LogP contribution in [-0.4, -0.2) is 90.7 Å². The molecule has 15 heteroatoms. The van der Waals surface area contributed by atoms with Crippen molar-refractivity contribution >= 4 is 40.6 Å². The van der Waals surface area contributed by atoms with Gasteiger partial charge in [0.2, 0.25) is 17.7 Å². The van der Waals surface area contributed by atoms with Crippen LogP contribution in [0.25, 0.3) is 10.9 Å². The normalized spacial score (nSPS) is 14.1. The number of carboxylic acid groups (broad SMARTS) is 2. The Morgan fingerprint density at radius 2 is 1.55 bits per heavy atom. The summed E-state index contributed by atoms with van der Waals surface area (Å²) >= 11 is 0. The number of fused-ring (bicyclic) bond motifs is 1. The lowest BCUT2D eigenvalue weighted by molar-refractivity contribution is -0.143. The summed E-state index contributed by atoms with van der Waals surface area (Å²) in [5, 5.41) is 35.8. The van der Waals surface area contributed by atoms with Crippen LogP contribution in [0.3, 0.4) is 0 Å². The Morgan fingerprint density at radius 3 is 2.17 bits per heavy atom. The van der Waals surface area contributed by atoms with E-state index in [0.717, 1.165) is 10.9 Å². The van der Waals surface area contributed by atoms with Gasteiger partial charge >= 0.3 is 11.9 Å². The molecule has 0 aliphatic rings. The average Bonchev–Trinajstić information content (AvgIpc) is 3.59. The number of nitrogens with two attached hydrogens (primary N) is 1. The second kappa shape index (κ2) is 13.9. The molecule has 0 fully saturated rings. The van der Waals surface area contributed by atoms with Gasteiger partial charge in [0, 0.05) is 48.3 Å². The number of carbonyl (C=O) groups excluding carboxylic acids is 3. The number of imidazole rings is 1. The van der Waals surface area contributed by atoms with Crippen LogP contribution in [0.4, 0.5) is 0 Å². The van der Waals surface area contributed by atoms with E-state index in [1.165, 1.54) is 12.5 Å². The number of nitrogens with zero attached hydrogens (tertiary/aromatic N) is 1. The second-order valence-corrected chi connectivity index (χ2v) is 9.09. The minimum atomic E-state index is -1.52. The van der Waals surface area contributed by atoms with Gasteiger partial charge < -0.3 is 47.0 Å². The number of nitrogens with one attached hydrogen (secondary N) is 5. The van der Waals surface area contributed by atoms with E-state index < -0.39 is 66.9 Å². The molecule has 0 saturated heterocycles. The maximum Gasteiger partial charge on any atom is 0.326 e. The van der Waals surface area contributed by atoms with E-state index in [4.69, 9.17) is 10.8 Å². The molecule has 0 saturated carbocycles. The summed E-state index contributed by atoms with van der Waals surface area (Å²) in [7, 11) is 0. The Labute approximate surface area is 227 Å². The third kappa shape index (κ3) is 8.12. The highest BCUT2D eigenvalue weighted by atomic mass is 16.4. The fourth-order valence-corrected chi connectivity index (χ4v) is 3.99. The minimum absolute atomic E-state index is 0.00546. The molecule has 2 aromatic heterocycles. The third-order valence-corrected chi connectivity index (χ3v) is 6.14. The number of aliphatic hydroxyl groups excluding tert-OH is 1. The first kappa shape index (κ1) is 29.8. The molecular weight excluding hydrogens is 526 g/mol. The minimum Gasteiger partial charge on any atom is -0.481 e. The van der Waals surface area contributed by atoms with E-state index in [-0.39, 0.29) is 19.3 Å².